The summed E-state index contributed by atoms with van der Waals surface area (Å²) in [5.41, 5.74) is 0.663. The second-order valence-corrected chi connectivity index (χ2v) is 9.21. The Morgan fingerprint density at radius 3 is 1.96 bits per heavy atom. The van der Waals surface area contributed by atoms with Crippen LogP contribution in [0.15, 0.2) is 21.9 Å². The van der Waals surface area contributed by atoms with Gasteiger partial charge in [-0.3, -0.25) is 0 Å². The molecule has 0 bridgehead atoms. The number of nitrogens with zero attached hydrogens (tertiary/aromatic N) is 1. The van der Waals surface area contributed by atoms with Crippen LogP contribution >= 0.6 is 0 Å². The van der Waals surface area contributed by atoms with Gasteiger partial charge in [0, 0.05) is 20.2 Å². The van der Waals surface area contributed by atoms with Crippen molar-refractivity contribution in [2.24, 2.45) is 5.14 Å². The molecule has 1 saturated heterocycles. The molecule has 1 heterocycles. The van der Waals surface area contributed by atoms with Crippen LogP contribution in [-0.2, 0) is 24.8 Å². The fourth-order valence-corrected chi connectivity index (χ4v) is 5.62. The van der Waals surface area contributed by atoms with Crippen molar-refractivity contribution in [2.75, 3.05) is 20.2 Å². The van der Waals surface area contributed by atoms with Gasteiger partial charge in [0.25, 0.3) is 0 Å². The largest absolute Gasteiger partial charge is 0.381 e. The summed E-state index contributed by atoms with van der Waals surface area (Å²) in [5.74, 6) is 0. The number of hydrogen-bond donors (Lipinski definition) is 1. The lowest BCUT2D eigenvalue weighted by atomic mass is 10.1. The summed E-state index contributed by atoms with van der Waals surface area (Å²) in [4.78, 5) is 0.0744. The molecule has 0 saturated carbocycles. The van der Waals surface area contributed by atoms with Crippen molar-refractivity contribution in [3.05, 3.63) is 23.3 Å². The van der Waals surface area contributed by atoms with E-state index >= 15 is 0 Å². The topological polar surface area (TPSA) is 107 Å². The minimum absolute atomic E-state index is 0.0189. The molecule has 7 nitrogen and oxygen atoms in total. The average molecular weight is 362 g/mol. The molecule has 0 radical (unpaired) electrons. The Hall–Kier alpha value is -1.00. The van der Waals surface area contributed by atoms with Crippen molar-refractivity contribution >= 4 is 20.0 Å². The summed E-state index contributed by atoms with van der Waals surface area (Å²) in [6.45, 7) is 3.86. The molecular formula is C14H22N2O5S2. The third-order valence-electron chi connectivity index (χ3n) is 4.09. The van der Waals surface area contributed by atoms with Crippen LogP contribution in [0.25, 0.3) is 0 Å². The molecule has 1 aliphatic rings. The van der Waals surface area contributed by atoms with Crippen LogP contribution in [0.2, 0.25) is 0 Å². The zero-order valence-electron chi connectivity index (χ0n) is 13.4. The maximum absolute atomic E-state index is 12.8. The Kier molecular flexibility index (Phi) is 5.17. The molecule has 1 fully saturated rings. The van der Waals surface area contributed by atoms with E-state index in [1.54, 1.807) is 21.0 Å². The van der Waals surface area contributed by atoms with E-state index in [1.165, 1.54) is 16.4 Å². The van der Waals surface area contributed by atoms with Gasteiger partial charge in [0.15, 0.2) is 0 Å². The highest BCUT2D eigenvalue weighted by molar-refractivity contribution is 7.89. The van der Waals surface area contributed by atoms with Crippen LogP contribution in [-0.4, -0.2) is 47.4 Å². The number of methoxy groups -OCH3 is 1. The lowest BCUT2D eigenvalue weighted by Gasteiger charge is -2.30. The molecule has 23 heavy (non-hydrogen) atoms. The highest BCUT2D eigenvalue weighted by Gasteiger charge is 2.30. The van der Waals surface area contributed by atoms with E-state index in [1.807, 2.05) is 0 Å². The van der Waals surface area contributed by atoms with Crippen molar-refractivity contribution in [1.82, 2.24) is 4.31 Å². The lowest BCUT2D eigenvalue weighted by molar-refractivity contribution is 0.0604. The maximum Gasteiger partial charge on any atom is 0.243 e. The molecule has 130 valence electrons. The van der Waals surface area contributed by atoms with Gasteiger partial charge in [0.1, 0.15) is 0 Å². The first-order valence-corrected chi connectivity index (χ1v) is 10.2. The van der Waals surface area contributed by atoms with Gasteiger partial charge in [0.2, 0.25) is 20.0 Å². The Morgan fingerprint density at radius 1 is 1.09 bits per heavy atom. The highest BCUT2D eigenvalue weighted by atomic mass is 32.2. The Morgan fingerprint density at radius 2 is 1.57 bits per heavy atom. The van der Waals surface area contributed by atoms with Gasteiger partial charge in [-0.15, -0.1) is 0 Å². The molecule has 0 spiro atoms. The number of rotatable bonds is 4. The van der Waals surface area contributed by atoms with Crippen LogP contribution in [0.4, 0.5) is 0 Å². The lowest BCUT2D eigenvalue weighted by Crippen LogP contribution is -2.40. The van der Waals surface area contributed by atoms with Gasteiger partial charge < -0.3 is 4.74 Å². The molecule has 0 amide bonds. The zero-order valence-corrected chi connectivity index (χ0v) is 15.1. The number of sulfonamides is 2. The minimum atomic E-state index is -3.89. The summed E-state index contributed by atoms with van der Waals surface area (Å²) in [7, 11) is -5.93. The fourth-order valence-electron chi connectivity index (χ4n) is 2.97. The predicted molar refractivity (Wildman–Crippen MR) is 86.1 cm³/mol. The van der Waals surface area contributed by atoms with Gasteiger partial charge >= 0.3 is 0 Å². The maximum atomic E-state index is 12.8. The number of aryl methyl sites for hydroxylation is 2. The predicted octanol–water partition coefficient (Wildman–Crippen LogP) is 0.750. The Bertz CT molecular complexity index is 771. The number of piperidine rings is 1. The third kappa shape index (κ3) is 3.74. The highest BCUT2D eigenvalue weighted by Crippen LogP contribution is 2.27. The molecule has 1 aliphatic heterocycles. The molecule has 1 aromatic rings. The first-order valence-electron chi connectivity index (χ1n) is 7.24. The van der Waals surface area contributed by atoms with Crippen molar-refractivity contribution in [2.45, 2.75) is 42.6 Å². The number of nitrogens with two attached hydrogens (primary N) is 1. The number of benzene rings is 1. The number of hydrogen-bond acceptors (Lipinski definition) is 5. The van der Waals surface area contributed by atoms with E-state index in [0.29, 0.717) is 37.1 Å². The summed E-state index contributed by atoms with van der Waals surface area (Å²) < 4.78 is 55.4. The quantitative estimate of drug-likeness (QED) is 0.850. The SMILES string of the molecule is COC1CCN(S(=O)(=O)c2cc(C)c(S(N)(=O)=O)c(C)c2)CC1. The number of ether oxygens (including phenoxy) is 1. The molecule has 0 atom stereocenters. The van der Waals surface area contributed by atoms with Gasteiger partial charge in [0.05, 0.1) is 15.9 Å². The molecule has 2 N–H and O–H groups in total. The first kappa shape index (κ1) is 18.3. The van der Waals surface area contributed by atoms with Crippen molar-refractivity contribution in [3.8, 4) is 0 Å². The summed E-state index contributed by atoms with van der Waals surface area (Å²) >= 11 is 0. The van der Waals surface area contributed by atoms with E-state index in [-0.39, 0.29) is 15.9 Å². The van der Waals surface area contributed by atoms with E-state index in [9.17, 15) is 16.8 Å². The van der Waals surface area contributed by atoms with Crippen molar-refractivity contribution < 1.29 is 21.6 Å². The molecular weight excluding hydrogens is 340 g/mol. The van der Waals surface area contributed by atoms with E-state index in [0.717, 1.165) is 0 Å². The first-order chi connectivity index (χ1) is 10.6. The van der Waals surface area contributed by atoms with Gasteiger partial charge in [-0.05, 0) is 49.9 Å². The van der Waals surface area contributed by atoms with E-state index in [4.69, 9.17) is 9.88 Å². The summed E-state index contributed by atoms with van der Waals surface area (Å²) in [6, 6.07) is 2.73. The number of primary sulfonamides is 1. The van der Waals surface area contributed by atoms with Crippen molar-refractivity contribution in [1.29, 1.82) is 0 Å². The van der Waals surface area contributed by atoms with Crippen molar-refractivity contribution in [3.63, 3.8) is 0 Å². The van der Waals surface area contributed by atoms with Gasteiger partial charge in [-0.1, -0.05) is 0 Å². The third-order valence-corrected chi connectivity index (χ3v) is 7.18. The Labute approximate surface area is 137 Å². The second-order valence-electron chi connectivity index (χ2n) is 5.77. The van der Waals surface area contributed by atoms with Crippen LogP contribution in [0.1, 0.15) is 24.0 Å². The van der Waals surface area contributed by atoms with Crippen LogP contribution in [0, 0.1) is 13.8 Å². The molecule has 1 aromatic carbocycles. The monoisotopic (exact) mass is 362 g/mol. The molecule has 9 heteroatoms. The smallest absolute Gasteiger partial charge is 0.243 e. The van der Waals surface area contributed by atoms with Gasteiger partial charge in [-0.25, -0.2) is 22.0 Å². The average Bonchev–Trinajstić information content (AvgIpc) is 2.45. The molecule has 0 aliphatic carbocycles. The van der Waals surface area contributed by atoms with E-state index < -0.39 is 20.0 Å². The van der Waals surface area contributed by atoms with Gasteiger partial charge in [-0.2, -0.15) is 4.31 Å². The van der Waals surface area contributed by atoms with E-state index in [2.05, 4.69) is 0 Å². The second kappa shape index (κ2) is 6.48. The van der Waals surface area contributed by atoms with Crippen LogP contribution in [0.5, 0.6) is 0 Å². The van der Waals surface area contributed by atoms with Crippen LogP contribution < -0.4 is 5.14 Å². The Balaban J connectivity index is 2.39. The fraction of sp³-hybridized carbons (Fsp3) is 0.571. The minimum Gasteiger partial charge on any atom is -0.381 e. The molecule has 0 unspecified atom stereocenters. The summed E-state index contributed by atoms with van der Waals surface area (Å²) in [5, 5.41) is 5.19. The standard InChI is InChI=1S/C14H22N2O5S2/c1-10-8-13(9-11(2)14(10)22(15,17)18)23(19,20)16-6-4-12(21-3)5-7-16/h8-9,12H,4-7H2,1-3H3,(H2,15,17,18). The molecule has 2 rings (SSSR count). The zero-order chi connectivity index (χ0) is 17.4. The summed E-state index contributed by atoms with van der Waals surface area (Å²) in [6.07, 6.45) is 1.36. The molecule has 0 aromatic heterocycles. The van der Waals surface area contributed by atoms with Crippen LogP contribution in [0.3, 0.4) is 0 Å². The normalized spacial score (nSPS) is 18.3.